The molecule has 7 aromatic carbocycles. The molecule has 0 saturated carbocycles. The van der Waals surface area contributed by atoms with E-state index in [2.05, 4.69) is 112 Å². The molecule has 7 aromatic rings. The minimum atomic E-state index is 0.213. The molecule has 0 unspecified atom stereocenters. The van der Waals surface area contributed by atoms with Crippen LogP contribution in [0.15, 0.2) is 186 Å². The Hall–Kier alpha value is -7.24. The summed E-state index contributed by atoms with van der Waals surface area (Å²) < 4.78 is 0. The Morgan fingerprint density at radius 2 is 0.660 bits per heavy atom. The van der Waals surface area contributed by atoms with Gasteiger partial charge < -0.3 is 15.1 Å². The molecule has 256 valence electrons. The van der Waals surface area contributed by atoms with E-state index < -0.39 is 0 Å². The smallest absolute Gasteiger partial charge is 0.124 e. The molecule has 0 atom stereocenters. The molecule has 5 heteroatoms. The molecule has 0 aliphatic carbocycles. The Morgan fingerprint density at radius 3 is 1.04 bits per heavy atom. The summed E-state index contributed by atoms with van der Waals surface area (Å²) in [5, 5.41) is 19.9. The van der Waals surface area contributed by atoms with Gasteiger partial charge in [-0.05, 0) is 107 Å². The number of para-hydroxylation sites is 3. The summed E-state index contributed by atoms with van der Waals surface area (Å²) in [4.78, 5) is 11.2. The molecule has 0 fully saturated rings. The summed E-state index contributed by atoms with van der Waals surface area (Å²) in [7, 11) is 0. The highest BCUT2D eigenvalue weighted by Crippen LogP contribution is 2.35. The molecule has 2 N–H and O–H groups in total. The van der Waals surface area contributed by atoms with Crippen LogP contribution in [0, 0.1) is 0 Å². The van der Waals surface area contributed by atoms with Crippen molar-refractivity contribution in [2.75, 3.05) is 4.90 Å². The van der Waals surface area contributed by atoms with E-state index in [9.17, 15) is 10.2 Å². The van der Waals surface area contributed by atoms with Crippen molar-refractivity contribution in [2.24, 2.45) is 9.98 Å². The summed E-state index contributed by atoms with van der Waals surface area (Å²) in [6.45, 7) is 0. The molecule has 0 bridgehead atoms. The molecule has 0 aliphatic heterocycles. The second-order valence-electron chi connectivity index (χ2n) is 12.3. The highest BCUT2D eigenvalue weighted by Gasteiger charge is 2.12. The van der Waals surface area contributed by atoms with E-state index in [-0.39, 0.29) is 11.5 Å². The van der Waals surface area contributed by atoms with Gasteiger partial charge in [0.05, 0.1) is 11.4 Å². The predicted octanol–water partition coefficient (Wildman–Crippen LogP) is 12.4. The Morgan fingerprint density at radius 1 is 0.340 bits per heavy atom. The van der Waals surface area contributed by atoms with Crippen LogP contribution in [0.2, 0.25) is 0 Å². The number of aliphatic imine (C=N–C) groups is 2. The van der Waals surface area contributed by atoms with Crippen molar-refractivity contribution in [3.8, 4) is 11.5 Å². The average Bonchev–Trinajstić information content (AvgIpc) is 3.21. The number of nitrogens with zero attached hydrogens (tertiary/aromatic N) is 3. The molecule has 53 heavy (non-hydrogen) atoms. The standard InChI is InChI=1S/C48H37N3O2/c52-47-12-6-4-8-40(47)34-49-42-26-18-36(19-27-42)14-16-38-22-30-45(31-23-38)51(44-10-2-1-3-11-44)46-32-24-39(25-33-46)17-15-37-20-28-43(29-21-37)50-35-41-9-5-7-13-48(41)53/h1-35,52-53H/b16-14+,17-15+,49-34?,50-35?. The molecule has 0 heterocycles. The summed E-state index contributed by atoms with van der Waals surface area (Å²) in [6.07, 6.45) is 11.7. The summed E-state index contributed by atoms with van der Waals surface area (Å²) in [5.41, 5.74) is 10.5. The maximum absolute atomic E-state index is 9.97. The lowest BCUT2D eigenvalue weighted by molar-refractivity contribution is 0.474. The number of phenols is 2. The Bertz CT molecular complexity index is 2220. The zero-order chi connectivity index (χ0) is 36.2. The van der Waals surface area contributed by atoms with Crippen molar-refractivity contribution in [2.45, 2.75) is 0 Å². The Kier molecular flexibility index (Phi) is 10.7. The van der Waals surface area contributed by atoms with E-state index in [0.717, 1.165) is 50.7 Å². The first-order chi connectivity index (χ1) is 26.1. The van der Waals surface area contributed by atoms with Crippen molar-refractivity contribution >= 4 is 65.2 Å². The number of hydrogen-bond acceptors (Lipinski definition) is 5. The Labute approximate surface area is 310 Å². The number of phenolic OH excluding ortho intramolecular Hbond substituents is 2. The molecule has 5 nitrogen and oxygen atoms in total. The number of benzene rings is 7. The van der Waals surface area contributed by atoms with Gasteiger partial charge in [0.15, 0.2) is 0 Å². The van der Waals surface area contributed by atoms with Crippen LogP contribution in [0.3, 0.4) is 0 Å². The number of aromatic hydroxyl groups is 2. The van der Waals surface area contributed by atoms with Gasteiger partial charge in [0.2, 0.25) is 0 Å². The van der Waals surface area contributed by atoms with Gasteiger partial charge in [-0.3, -0.25) is 9.98 Å². The quantitative estimate of drug-likeness (QED) is 0.105. The Balaban J connectivity index is 1.01. The first kappa shape index (κ1) is 34.2. The van der Waals surface area contributed by atoms with Crippen molar-refractivity contribution in [3.63, 3.8) is 0 Å². The van der Waals surface area contributed by atoms with E-state index in [1.54, 1.807) is 36.7 Å². The highest BCUT2D eigenvalue weighted by atomic mass is 16.3. The van der Waals surface area contributed by atoms with Crippen LogP contribution in [-0.4, -0.2) is 22.6 Å². The van der Waals surface area contributed by atoms with Crippen molar-refractivity contribution in [1.29, 1.82) is 0 Å². The zero-order valence-electron chi connectivity index (χ0n) is 28.9. The van der Waals surface area contributed by atoms with E-state index in [1.165, 1.54) is 0 Å². The fourth-order valence-corrected chi connectivity index (χ4v) is 5.70. The molecular weight excluding hydrogens is 651 g/mol. The predicted molar refractivity (Wildman–Crippen MR) is 223 cm³/mol. The highest BCUT2D eigenvalue weighted by molar-refractivity contribution is 5.86. The summed E-state index contributed by atoms with van der Waals surface area (Å²) in [6, 6.07) is 57.8. The van der Waals surface area contributed by atoms with Crippen LogP contribution in [0.4, 0.5) is 28.4 Å². The number of rotatable bonds is 11. The van der Waals surface area contributed by atoms with Crippen LogP contribution in [-0.2, 0) is 0 Å². The lowest BCUT2D eigenvalue weighted by Gasteiger charge is -2.25. The van der Waals surface area contributed by atoms with E-state index in [1.807, 2.05) is 78.9 Å². The third kappa shape index (κ3) is 9.11. The minimum Gasteiger partial charge on any atom is -0.507 e. The molecule has 0 saturated heterocycles. The minimum absolute atomic E-state index is 0.213. The normalized spacial score (nSPS) is 11.6. The lowest BCUT2D eigenvalue weighted by Crippen LogP contribution is -2.09. The SMILES string of the molecule is Oc1ccccc1C=Nc1ccc(/C=C/c2ccc(N(c3ccccc3)c3ccc(/C=C/c4ccc(N=Cc5ccccc5O)cc4)cc3)cc2)cc1. The third-order valence-electron chi connectivity index (χ3n) is 8.62. The molecule has 7 rings (SSSR count). The summed E-state index contributed by atoms with van der Waals surface area (Å²) in [5.74, 6) is 0.425. The van der Waals surface area contributed by atoms with Gasteiger partial charge in [-0.2, -0.15) is 0 Å². The van der Waals surface area contributed by atoms with Gasteiger partial charge in [-0.15, -0.1) is 0 Å². The maximum atomic E-state index is 9.97. The molecule has 0 amide bonds. The van der Waals surface area contributed by atoms with Gasteiger partial charge in [-0.25, -0.2) is 0 Å². The fourth-order valence-electron chi connectivity index (χ4n) is 5.70. The fraction of sp³-hybridized carbons (Fsp3) is 0. The van der Waals surface area contributed by atoms with Crippen LogP contribution in [0.5, 0.6) is 11.5 Å². The van der Waals surface area contributed by atoms with Gasteiger partial charge in [0.25, 0.3) is 0 Å². The summed E-state index contributed by atoms with van der Waals surface area (Å²) >= 11 is 0. The molecule has 0 spiro atoms. The van der Waals surface area contributed by atoms with E-state index in [0.29, 0.717) is 11.1 Å². The van der Waals surface area contributed by atoms with Gasteiger partial charge in [0, 0.05) is 40.6 Å². The first-order valence-corrected chi connectivity index (χ1v) is 17.3. The van der Waals surface area contributed by atoms with E-state index in [4.69, 9.17) is 0 Å². The number of hydrogen-bond donors (Lipinski definition) is 2. The topological polar surface area (TPSA) is 68.4 Å². The second-order valence-corrected chi connectivity index (χ2v) is 12.3. The van der Waals surface area contributed by atoms with Crippen molar-refractivity contribution in [1.82, 2.24) is 0 Å². The van der Waals surface area contributed by atoms with Gasteiger partial charge in [-0.1, -0.05) is 115 Å². The van der Waals surface area contributed by atoms with Crippen molar-refractivity contribution in [3.05, 3.63) is 209 Å². The monoisotopic (exact) mass is 687 g/mol. The largest absolute Gasteiger partial charge is 0.507 e. The molecule has 0 aliphatic rings. The van der Waals surface area contributed by atoms with Gasteiger partial charge in [0.1, 0.15) is 11.5 Å². The van der Waals surface area contributed by atoms with Crippen LogP contribution < -0.4 is 4.90 Å². The van der Waals surface area contributed by atoms with Crippen LogP contribution in [0.1, 0.15) is 33.4 Å². The number of anilines is 3. The van der Waals surface area contributed by atoms with E-state index >= 15 is 0 Å². The zero-order valence-corrected chi connectivity index (χ0v) is 28.9. The van der Waals surface area contributed by atoms with Crippen molar-refractivity contribution < 1.29 is 10.2 Å². The van der Waals surface area contributed by atoms with Crippen LogP contribution in [0.25, 0.3) is 24.3 Å². The molecular formula is C48H37N3O2. The second kappa shape index (κ2) is 16.6. The van der Waals surface area contributed by atoms with Gasteiger partial charge >= 0.3 is 0 Å². The van der Waals surface area contributed by atoms with Crippen LogP contribution >= 0.6 is 0 Å². The third-order valence-corrected chi connectivity index (χ3v) is 8.62. The maximum Gasteiger partial charge on any atom is 0.124 e. The first-order valence-electron chi connectivity index (χ1n) is 17.3. The average molecular weight is 688 g/mol. The molecule has 0 radical (unpaired) electrons. The molecule has 0 aromatic heterocycles. The lowest BCUT2D eigenvalue weighted by atomic mass is 10.1.